The van der Waals surface area contributed by atoms with Crippen LogP contribution in [0.15, 0.2) is 46.6 Å². The molecule has 0 heteroatoms. The van der Waals surface area contributed by atoms with Crippen LogP contribution < -0.4 is 10.4 Å². The van der Waals surface area contributed by atoms with Crippen LogP contribution in [0.4, 0.5) is 0 Å². The molecule has 0 radical (unpaired) electrons. The molecule has 0 amide bonds. The number of hydrogen-bond donors (Lipinski definition) is 0. The number of fused-ring (bicyclic) bond motifs is 2. The van der Waals surface area contributed by atoms with E-state index in [1.54, 1.807) is 0 Å². The zero-order chi connectivity index (χ0) is 12.2. The maximum atomic E-state index is 2.35. The van der Waals surface area contributed by atoms with Crippen LogP contribution in [0.25, 0.3) is 11.6 Å². The molecule has 0 heterocycles. The van der Waals surface area contributed by atoms with Gasteiger partial charge >= 0.3 is 0 Å². The standard InChI is InChI=1S/C17H18/c1-10-11(2)13(4)17-15-8-6-5-7-14(15)9-16(17)12(10)3/h5-9,13H,1-4H3. The molecule has 1 aromatic carbocycles. The first-order valence-electron chi connectivity index (χ1n) is 6.31. The van der Waals surface area contributed by atoms with Gasteiger partial charge < -0.3 is 0 Å². The summed E-state index contributed by atoms with van der Waals surface area (Å²) in [6.45, 7) is 9.11. The Morgan fingerprint density at radius 3 is 2.41 bits per heavy atom. The molecule has 0 saturated heterocycles. The van der Waals surface area contributed by atoms with Crippen molar-refractivity contribution in [1.82, 2.24) is 0 Å². The third-order valence-electron chi connectivity index (χ3n) is 4.48. The SMILES string of the molecule is CC1=C2C=c3ccccc3=C2C(C)C(C)=C1C. The van der Waals surface area contributed by atoms with E-state index in [-0.39, 0.29) is 0 Å². The Labute approximate surface area is 103 Å². The van der Waals surface area contributed by atoms with Crippen molar-refractivity contribution in [2.45, 2.75) is 27.7 Å². The summed E-state index contributed by atoms with van der Waals surface area (Å²) >= 11 is 0. The molecule has 0 aliphatic heterocycles. The Morgan fingerprint density at radius 2 is 1.65 bits per heavy atom. The van der Waals surface area contributed by atoms with Crippen LogP contribution in [-0.4, -0.2) is 0 Å². The van der Waals surface area contributed by atoms with E-state index in [2.05, 4.69) is 58.0 Å². The van der Waals surface area contributed by atoms with Crippen LogP contribution in [0, 0.1) is 5.92 Å². The van der Waals surface area contributed by atoms with E-state index in [0.717, 1.165) is 0 Å². The first-order valence-corrected chi connectivity index (χ1v) is 6.31. The molecule has 1 aromatic rings. The van der Waals surface area contributed by atoms with Crippen LogP contribution in [0.3, 0.4) is 0 Å². The van der Waals surface area contributed by atoms with Gasteiger partial charge in [-0.3, -0.25) is 0 Å². The lowest BCUT2D eigenvalue weighted by Gasteiger charge is -2.26. The summed E-state index contributed by atoms with van der Waals surface area (Å²) in [5.41, 5.74) is 7.43. The Kier molecular flexibility index (Phi) is 2.16. The molecule has 1 unspecified atom stereocenters. The van der Waals surface area contributed by atoms with Crippen molar-refractivity contribution in [3.05, 3.63) is 57.0 Å². The second kappa shape index (κ2) is 3.46. The fourth-order valence-corrected chi connectivity index (χ4v) is 3.06. The smallest absolute Gasteiger partial charge is 0.00350 e. The fourth-order valence-electron chi connectivity index (χ4n) is 3.06. The first kappa shape index (κ1) is 10.6. The molecular weight excluding hydrogens is 204 g/mol. The van der Waals surface area contributed by atoms with Gasteiger partial charge in [0.2, 0.25) is 0 Å². The molecule has 2 aliphatic rings. The third kappa shape index (κ3) is 1.30. The Balaban J connectivity index is 2.45. The lowest BCUT2D eigenvalue weighted by molar-refractivity contribution is 0.849. The van der Waals surface area contributed by atoms with Gasteiger partial charge in [-0.1, -0.05) is 36.8 Å². The van der Waals surface area contributed by atoms with Crippen LogP contribution >= 0.6 is 0 Å². The lowest BCUT2D eigenvalue weighted by atomic mass is 9.78. The summed E-state index contributed by atoms with van der Waals surface area (Å²) in [5.74, 6) is 0.550. The van der Waals surface area contributed by atoms with Crippen LogP contribution in [0.1, 0.15) is 27.7 Å². The minimum absolute atomic E-state index is 0.550. The van der Waals surface area contributed by atoms with E-state index in [4.69, 9.17) is 0 Å². The van der Waals surface area contributed by atoms with E-state index < -0.39 is 0 Å². The molecule has 0 N–H and O–H groups in total. The van der Waals surface area contributed by atoms with Gasteiger partial charge in [0.25, 0.3) is 0 Å². The number of benzene rings is 1. The van der Waals surface area contributed by atoms with E-state index >= 15 is 0 Å². The van der Waals surface area contributed by atoms with Gasteiger partial charge in [0.1, 0.15) is 0 Å². The van der Waals surface area contributed by atoms with Crippen LogP contribution in [0.5, 0.6) is 0 Å². The second-order valence-corrected chi connectivity index (χ2v) is 5.21. The minimum Gasteiger partial charge on any atom is -0.0628 e. The normalized spacial score (nSPS) is 22.6. The molecule has 0 bridgehead atoms. The molecule has 3 rings (SSSR count). The van der Waals surface area contributed by atoms with Gasteiger partial charge in [-0.15, -0.1) is 0 Å². The second-order valence-electron chi connectivity index (χ2n) is 5.21. The highest BCUT2D eigenvalue weighted by Crippen LogP contribution is 2.39. The van der Waals surface area contributed by atoms with E-state index in [1.165, 1.54) is 38.3 Å². The summed E-state index contributed by atoms with van der Waals surface area (Å²) in [6, 6.07) is 8.75. The average Bonchev–Trinajstić information content (AvgIpc) is 2.73. The summed E-state index contributed by atoms with van der Waals surface area (Å²) in [4.78, 5) is 0. The highest BCUT2D eigenvalue weighted by atomic mass is 14.3. The number of hydrogen-bond acceptors (Lipinski definition) is 0. The van der Waals surface area contributed by atoms with E-state index in [9.17, 15) is 0 Å². The van der Waals surface area contributed by atoms with Crippen molar-refractivity contribution in [3.63, 3.8) is 0 Å². The van der Waals surface area contributed by atoms with E-state index in [1.807, 2.05) is 0 Å². The van der Waals surface area contributed by atoms with Crippen molar-refractivity contribution in [2.75, 3.05) is 0 Å². The molecule has 1 atom stereocenters. The van der Waals surface area contributed by atoms with Crippen LogP contribution in [-0.2, 0) is 0 Å². The van der Waals surface area contributed by atoms with Gasteiger partial charge in [-0.2, -0.15) is 0 Å². The predicted molar refractivity (Wildman–Crippen MR) is 73.8 cm³/mol. The molecule has 0 saturated carbocycles. The minimum atomic E-state index is 0.550. The zero-order valence-electron chi connectivity index (χ0n) is 11.0. The van der Waals surface area contributed by atoms with E-state index in [0.29, 0.717) is 5.92 Å². The fraction of sp³-hybridized carbons (Fsp3) is 0.294. The maximum absolute atomic E-state index is 2.35. The quantitative estimate of drug-likeness (QED) is 0.633. The van der Waals surface area contributed by atoms with Gasteiger partial charge in [-0.05, 0) is 59.6 Å². The largest absolute Gasteiger partial charge is 0.0628 e. The Morgan fingerprint density at radius 1 is 0.941 bits per heavy atom. The van der Waals surface area contributed by atoms with Gasteiger partial charge in [-0.25, -0.2) is 0 Å². The summed E-state index contributed by atoms with van der Waals surface area (Å²) in [6.07, 6.45) is 2.35. The molecule has 2 aliphatic carbocycles. The highest BCUT2D eigenvalue weighted by molar-refractivity contribution is 5.88. The van der Waals surface area contributed by atoms with Crippen molar-refractivity contribution in [1.29, 1.82) is 0 Å². The molecular formula is C17H18. The van der Waals surface area contributed by atoms with Crippen molar-refractivity contribution in [3.8, 4) is 0 Å². The van der Waals surface area contributed by atoms with Crippen molar-refractivity contribution >= 4 is 11.6 Å². The lowest BCUT2D eigenvalue weighted by Crippen LogP contribution is -2.24. The summed E-state index contributed by atoms with van der Waals surface area (Å²) in [5, 5.41) is 2.81. The van der Waals surface area contributed by atoms with Crippen molar-refractivity contribution in [2.24, 2.45) is 5.92 Å². The molecule has 0 nitrogen and oxygen atoms in total. The maximum Gasteiger partial charge on any atom is 0.00350 e. The summed E-state index contributed by atoms with van der Waals surface area (Å²) in [7, 11) is 0. The topological polar surface area (TPSA) is 0 Å². The van der Waals surface area contributed by atoms with Gasteiger partial charge in [0.15, 0.2) is 0 Å². The van der Waals surface area contributed by atoms with Crippen LogP contribution in [0.2, 0.25) is 0 Å². The third-order valence-corrected chi connectivity index (χ3v) is 4.48. The average molecular weight is 222 g/mol. The molecule has 17 heavy (non-hydrogen) atoms. The van der Waals surface area contributed by atoms with Crippen molar-refractivity contribution < 1.29 is 0 Å². The number of allylic oxidation sites excluding steroid dienone is 4. The van der Waals surface area contributed by atoms with Gasteiger partial charge in [0, 0.05) is 5.92 Å². The molecule has 0 spiro atoms. The zero-order valence-corrected chi connectivity index (χ0v) is 11.0. The highest BCUT2D eigenvalue weighted by Gasteiger charge is 2.26. The molecule has 86 valence electrons. The molecule has 0 fully saturated rings. The monoisotopic (exact) mass is 222 g/mol. The number of rotatable bonds is 0. The Hall–Kier alpha value is -1.56. The van der Waals surface area contributed by atoms with Gasteiger partial charge in [0.05, 0.1) is 0 Å². The molecule has 0 aromatic heterocycles. The summed E-state index contributed by atoms with van der Waals surface area (Å²) < 4.78 is 0. The Bertz CT molecular complexity index is 681. The first-order chi connectivity index (χ1) is 8.11. The predicted octanol–water partition coefficient (Wildman–Crippen LogP) is 2.93.